The molecule has 1 aliphatic carbocycles. The second-order valence-electron chi connectivity index (χ2n) is 7.85. The van der Waals surface area contributed by atoms with Gasteiger partial charge in [-0.05, 0) is 43.2 Å². The number of rotatable bonds is 7. The highest BCUT2D eigenvalue weighted by Gasteiger charge is 2.21. The van der Waals surface area contributed by atoms with Crippen molar-refractivity contribution in [1.29, 1.82) is 0 Å². The van der Waals surface area contributed by atoms with Gasteiger partial charge in [0.25, 0.3) is 5.91 Å². The Labute approximate surface area is 182 Å². The predicted octanol–water partition coefficient (Wildman–Crippen LogP) is 3.92. The van der Waals surface area contributed by atoms with Crippen molar-refractivity contribution in [3.05, 3.63) is 54.1 Å². The minimum atomic E-state index is -0.314. The molecule has 7 nitrogen and oxygen atoms in total. The molecule has 31 heavy (non-hydrogen) atoms. The van der Waals surface area contributed by atoms with Crippen molar-refractivity contribution in [3.63, 3.8) is 0 Å². The van der Waals surface area contributed by atoms with Crippen LogP contribution < -0.4 is 15.4 Å². The largest absolute Gasteiger partial charge is 0.497 e. The van der Waals surface area contributed by atoms with E-state index in [2.05, 4.69) is 10.6 Å². The normalized spacial score (nSPS) is 13.9. The van der Waals surface area contributed by atoms with Gasteiger partial charge >= 0.3 is 0 Å². The number of carbonyl (C=O) groups excluding carboxylic acids is 3. The Morgan fingerprint density at radius 1 is 0.968 bits per heavy atom. The smallest absolute Gasteiger partial charge is 0.254 e. The molecule has 2 N–H and O–H groups in total. The number of carbonyl (C=O) groups is 3. The van der Waals surface area contributed by atoms with Crippen LogP contribution in [0.3, 0.4) is 0 Å². The molecule has 0 atom stereocenters. The van der Waals surface area contributed by atoms with Gasteiger partial charge in [-0.15, -0.1) is 0 Å². The number of nitrogens with zero attached hydrogens (tertiary/aromatic N) is 1. The van der Waals surface area contributed by atoms with E-state index in [9.17, 15) is 14.4 Å². The molecule has 0 saturated heterocycles. The van der Waals surface area contributed by atoms with E-state index in [1.807, 2.05) is 0 Å². The topological polar surface area (TPSA) is 87.7 Å². The van der Waals surface area contributed by atoms with Crippen LogP contribution in [-0.2, 0) is 9.59 Å². The Kier molecular flexibility index (Phi) is 7.65. The molecular formula is C24H29N3O4. The zero-order valence-corrected chi connectivity index (χ0v) is 18.0. The van der Waals surface area contributed by atoms with E-state index < -0.39 is 0 Å². The molecule has 0 bridgehead atoms. The first-order chi connectivity index (χ1) is 15.0. The van der Waals surface area contributed by atoms with Crippen molar-refractivity contribution < 1.29 is 19.1 Å². The van der Waals surface area contributed by atoms with Gasteiger partial charge in [0.1, 0.15) is 5.75 Å². The van der Waals surface area contributed by atoms with Crippen LogP contribution in [-0.4, -0.2) is 43.3 Å². The van der Waals surface area contributed by atoms with Gasteiger partial charge in [-0.1, -0.05) is 31.4 Å². The SMILES string of the molecule is COc1cccc(NC(=O)CN(C)C(=O)c2cccc(NC(=O)C3CCCCC3)c2)c1. The van der Waals surface area contributed by atoms with Crippen molar-refractivity contribution >= 4 is 29.1 Å². The maximum atomic E-state index is 12.8. The van der Waals surface area contributed by atoms with Crippen LogP contribution in [0.5, 0.6) is 5.75 Å². The molecule has 1 saturated carbocycles. The Balaban J connectivity index is 1.57. The summed E-state index contributed by atoms with van der Waals surface area (Å²) >= 11 is 0. The lowest BCUT2D eigenvalue weighted by Crippen LogP contribution is -2.35. The lowest BCUT2D eigenvalue weighted by atomic mass is 9.88. The van der Waals surface area contributed by atoms with Crippen LogP contribution >= 0.6 is 0 Å². The maximum absolute atomic E-state index is 12.8. The van der Waals surface area contributed by atoms with Gasteiger partial charge in [-0.25, -0.2) is 0 Å². The first-order valence-electron chi connectivity index (χ1n) is 10.6. The summed E-state index contributed by atoms with van der Waals surface area (Å²) in [5.41, 5.74) is 1.60. The highest BCUT2D eigenvalue weighted by atomic mass is 16.5. The second kappa shape index (κ2) is 10.6. The first kappa shape index (κ1) is 22.3. The van der Waals surface area contributed by atoms with E-state index in [0.717, 1.165) is 25.7 Å². The second-order valence-corrected chi connectivity index (χ2v) is 7.85. The molecule has 2 aromatic rings. The number of hydrogen-bond acceptors (Lipinski definition) is 4. The standard InChI is InChI=1S/C24H29N3O4/c1-27(16-22(28)25-20-12-7-13-21(15-20)31-2)24(30)18-10-6-11-19(14-18)26-23(29)17-8-4-3-5-9-17/h6-7,10-15,17H,3-5,8-9,16H2,1-2H3,(H,25,28)(H,26,29). The summed E-state index contributed by atoms with van der Waals surface area (Å²) in [6.45, 7) is -0.102. The van der Waals surface area contributed by atoms with Crippen LogP contribution in [0.2, 0.25) is 0 Å². The predicted molar refractivity (Wildman–Crippen MR) is 120 cm³/mol. The zero-order chi connectivity index (χ0) is 22.2. The summed E-state index contributed by atoms with van der Waals surface area (Å²) in [4.78, 5) is 39.0. The molecule has 1 aliphatic rings. The van der Waals surface area contributed by atoms with E-state index in [1.165, 1.54) is 11.3 Å². The number of methoxy groups -OCH3 is 1. The Morgan fingerprint density at radius 3 is 2.35 bits per heavy atom. The molecular weight excluding hydrogens is 394 g/mol. The highest BCUT2D eigenvalue weighted by Crippen LogP contribution is 2.25. The zero-order valence-electron chi connectivity index (χ0n) is 18.0. The number of benzene rings is 2. The third kappa shape index (κ3) is 6.31. The Bertz CT molecular complexity index is 938. The third-order valence-corrected chi connectivity index (χ3v) is 5.43. The summed E-state index contributed by atoms with van der Waals surface area (Å²) in [5.74, 6) is 0.0705. The van der Waals surface area contributed by atoms with E-state index in [4.69, 9.17) is 4.74 Å². The fourth-order valence-electron chi connectivity index (χ4n) is 3.75. The fraction of sp³-hybridized carbons (Fsp3) is 0.375. The molecule has 0 aliphatic heterocycles. The maximum Gasteiger partial charge on any atom is 0.254 e. The molecule has 1 fully saturated rings. The van der Waals surface area contributed by atoms with Gasteiger partial charge in [0.15, 0.2) is 0 Å². The molecule has 0 heterocycles. The van der Waals surface area contributed by atoms with Crippen molar-refractivity contribution in [2.45, 2.75) is 32.1 Å². The molecule has 7 heteroatoms. The van der Waals surface area contributed by atoms with E-state index in [-0.39, 0.29) is 30.2 Å². The van der Waals surface area contributed by atoms with Crippen molar-refractivity contribution in [2.75, 3.05) is 31.3 Å². The van der Waals surface area contributed by atoms with Gasteiger partial charge in [0.2, 0.25) is 11.8 Å². The van der Waals surface area contributed by atoms with E-state index >= 15 is 0 Å². The summed E-state index contributed by atoms with van der Waals surface area (Å²) in [7, 11) is 3.12. The van der Waals surface area contributed by atoms with Crippen LogP contribution in [0.25, 0.3) is 0 Å². The molecule has 3 rings (SSSR count). The van der Waals surface area contributed by atoms with Crippen LogP contribution in [0.1, 0.15) is 42.5 Å². The Morgan fingerprint density at radius 2 is 1.65 bits per heavy atom. The molecule has 0 unspecified atom stereocenters. The van der Waals surface area contributed by atoms with E-state index in [1.54, 1.807) is 62.7 Å². The minimum absolute atomic E-state index is 0.00956. The quantitative estimate of drug-likeness (QED) is 0.706. The number of likely N-dealkylation sites (N-methyl/N-ethyl adjacent to an activating group) is 1. The number of anilines is 2. The number of ether oxygens (including phenoxy) is 1. The van der Waals surface area contributed by atoms with Crippen molar-refractivity contribution in [2.24, 2.45) is 5.92 Å². The lowest BCUT2D eigenvalue weighted by molar-refractivity contribution is -0.120. The molecule has 0 aromatic heterocycles. The van der Waals surface area contributed by atoms with E-state index in [0.29, 0.717) is 22.7 Å². The van der Waals surface area contributed by atoms with Crippen molar-refractivity contribution in [1.82, 2.24) is 4.90 Å². The van der Waals surface area contributed by atoms with Gasteiger partial charge in [-0.3, -0.25) is 14.4 Å². The summed E-state index contributed by atoms with van der Waals surface area (Å²) in [6.07, 6.45) is 5.18. The lowest BCUT2D eigenvalue weighted by Gasteiger charge is -2.21. The van der Waals surface area contributed by atoms with Gasteiger partial charge in [-0.2, -0.15) is 0 Å². The molecule has 3 amide bonds. The monoisotopic (exact) mass is 423 g/mol. The molecule has 164 valence electrons. The molecule has 0 spiro atoms. The first-order valence-corrected chi connectivity index (χ1v) is 10.6. The minimum Gasteiger partial charge on any atom is -0.497 e. The summed E-state index contributed by atoms with van der Waals surface area (Å²) in [5, 5.41) is 5.69. The van der Waals surface area contributed by atoms with Crippen LogP contribution in [0, 0.1) is 5.92 Å². The van der Waals surface area contributed by atoms with Crippen LogP contribution in [0.15, 0.2) is 48.5 Å². The van der Waals surface area contributed by atoms with Crippen LogP contribution in [0.4, 0.5) is 11.4 Å². The number of nitrogens with one attached hydrogen (secondary N) is 2. The number of amides is 3. The summed E-state index contributed by atoms with van der Waals surface area (Å²) < 4.78 is 5.15. The average molecular weight is 424 g/mol. The number of hydrogen-bond donors (Lipinski definition) is 2. The fourth-order valence-corrected chi connectivity index (χ4v) is 3.75. The highest BCUT2D eigenvalue weighted by molar-refractivity contribution is 6.00. The van der Waals surface area contributed by atoms with Gasteiger partial charge in [0, 0.05) is 36.0 Å². The van der Waals surface area contributed by atoms with Gasteiger partial charge in [0.05, 0.1) is 13.7 Å². The average Bonchev–Trinajstić information content (AvgIpc) is 2.79. The molecule has 2 aromatic carbocycles. The third-order valence-electron chi connectivity index (χ3n) is 5.43. The summed E-state index contributed by atoms with van der Waals surface area (Å²) in [6, 6.07) is 13.8. The Hall–Kier alpha value is -3.35. The van der Waals surface area contributed by atoms with Gasteiger partial charge < -0.3 is 20.3 Å². The van der Waals surface area contributed by atoms with Crippen molar-refractivity contribution in [3.8, 4) is 5.75 Å². The molecule has 0 radical (unpaired) electrons.